The maximum Gasteiger partial charge on any atom is 0.408 e. The first kappa shape index (κ1) is 20.2. The number of hydrogen-bond acceptors (Lipinski definition) is 4. The van der Waals surface area contributed by atoms with E-state index in [9.17, 15) is 9.59 Å². The molecule has 0 aliphatic rings. The van der Waals surface area contributed by atoms with E-state index in [2.05, 4.69) is 20.6 Å². The molecule has 2 aromatic carbocycles. The fraction of sp³-hybridized carbons (Fsp3) is 0.125. The number of alkyl carbamates (subject to hydrolysis) is 1. The summed E-state index contributed by atoms with van der Waals surface area (Å²) < 4.78 is 5.32. The molecule has 0 fully saturated rings. The second-order valence-electron chi connectivity index (χ2n) is 7.05. The maximum atomic E-state index is 13.0. The van der Waals surface area contributed by atoms with E-state index in [0.29, 0.717) is 12.1 Å². The monoisotopic (exact) mass is 414 g/mol. The summed E-state index contributed by atoms with van der Waals surface area (Å²) in [6.45, 7) is 0.122. The fourth-order valence-electron chi connectivity index (χ4n) is 3.30. The molecule has 0 radical (unpaired) electrons. The van der Waals surface area contributed by atoms with Gasteiger partial charge in [0.1, 0.15) is 12.6 Å². The summed E-state index contributed by atoms with van der Waals surface area (Å²) in [4.78, 5) is 32.6. The van der Waals surface area contributed by atoms with Crippen LogP contribution in [-0.4, -0.2) is 28.0 Å². The predicted octanol–water partition coefficient (Wildman–Crippen LogP) is 4.04. The van der Waals surface area contributed by atoms with Gasteiger partial charge in [-0.2, -0.15) is 0 Å². The van der Waals surface area contributed by atoms with E-state index in [1.807, 2.05) is 60.8 Å². The molecular formula is C24H22N4O3. The molecule has 2 amide bonds. The van der Waals surface area contributed by atoms with Crippen LogP contribution in [0, 0.1) is 0 Å². The van der Waals surface area contributed by atoms with Crippen molar-refractivity contribution in [3.8, 4) is 0 Å². The summed E-state index contributed by atoms with van der Waals surface area (Å²) in [5.41, 5.74) is 3.31. The molecule has 0 unspecified atom stereocenters. The zero-order valence-electron chi connectivity index (χ0n) is 16.7. The molecule has 0 aliphatic carbocycles. The Balaban J connectivity index is 1.48. The minimum absolute atomic E-state index is 0.122. The van der Waals surface area contributed by atoms with Crippen LogP contribution in [0.15, 0.2) is 85.3 Å². The van der Waals surface area contributed by atoms with Crippen molar-refractivity contribution in [2.24, 2.45) is 0 Å². The molecule has 7 nitrogen and oxygen atoms in total. The molecule has 2 aromatic heterocycles. The van der Waals surface area contributed by atoms with Gasteiger partial charge in [0, 0.05) is 29.7 Å². The highest BCUT2D eigenvalue weighted by molar-refractivity contribution is 5.97. The van der Waals surface area contributed by atoms with Gasteiger partial charge in [-0.05, 0) is 29.3 Å². The number of ether oxygens (including phenoxy) is 1. The van der Waals surface area contributed by atoms with E-state index < -0.39 is 12.1 Å². The van der Waals surface area contributed by atoms with Gasteiger partial charge in [0.05, 0.1) is 11.9 Å². The quantitative estimate of drug-likeness (QED) is 0.425. The number of H-pyrrole nitrogens is 1. The summed E-state index contributed by atoms with van der Waals surface area (Å²) >= 11 is 0. The minimum Gasteiger partial charge on any atom is -0.445 e. The predicted molar refractivity (Wildman–Crippen MR) is 118 cm³/mol. The average molecular weight is 414 g/mol. The lowest BCUT2D eigenvalue weighted by Gasteiger charge is -2.18. The fourth-order valence-corrected chi connectivity index (χ4v) is 3.30. The van der Waals surface area contributed by atoms with E-state index in [1.165, 1.54) is 0 Å². The Morgan fingerprint density at radius 2 is 1.81 bits per heavy atom. The molecular weight excluding hydrogens is 392 g/mol. The first-order valence-electron chi connectivity index (χ1n) is 9.92. The Bertz CT molecular complexity index is 1160. The smallest absolute Gasteiger partial charge is 0.408 e. The number of amides is 2. The summed E-state index contributed by atoms with van der Waals surface area (Å²) in [7, 11) is 0. The van der Waals surface area contributed by atoms with Crippen LogP contribution in [0.2, 0.25) is 0 Å². The Morgan fingerprint density at radius 3 is 2.61 bits per heavy atom. The normalized spacial score (nSPS) is 11.6. The second kappa shape index (κ2) is 9.58. The number of carbonyl (C=O) groups excluding carboxylic acids is 2. The van der Waals surface area contributed by atoms with Gasteiger partial charge in [-0.25, -0.2) is 4.79 Å². The van der Waals surface area contributed by atoms with Gasteiger partial charge in [-0.3, -0.25) is 9.78 Å². The lowest BCUT2D eigenvalue weighted by molar-refractivity contribution is -0.118. The SMILES string of the molecule is O=C(N[C@H](Cc1c[nH]c2ccccc12)C(=O)Nc1cccnc1)OCc1ccccc1. The minimum atomic E-state index is -0.831. The molecule has 0 aliphatic heterocycles. The molecule has 4 rings (SSSR count). The van der Waals surface area contributed by atoms with E-state index in [1.54, 1.807) is 24.5 Å². The van der Waals surface area contributed by atoms with Crippen LogP contribution in [0.1, 0.15) is 11.1 Å². The van der Waals surface area contributed by atoms with Crippen LogP contribution in [0.5, 0.6) is 0 Å². The number of nitrogens with one attached hydrogen (secondary N) is 3. The number of hydrogen-bond donors (Lipinski definition) is 3. The van der Waals surface area contributed by atoms with Crippen molar-refractivity contribution in [3.05, 3.63) is 96.4 Å². The Hall–Kier alpha value is -4.13. The van der Waals surface area contributed by atoms with Crippen molar-refractivity contribution < 1.29 is 14.3 Å². The van der Waals surface area contributed by atoms with Crippen molar-refractivity contribution in [2.75, 3.05) is 5.32 Å². The first-order chi connectivity index (χ1) is 15.2. The van der Waals surface area contributed by atoms with Crippen LogP contribution < -0.4 is 10.6 Å². The largest absolute Gasteiger partial charge is 0.445 e. The number of fused-ring (bicyclic) bond motifs is 1. The number of benzene rings is 2. The number of anilines is 1. The Morgan fingerprint density at radius 1 is 1.00 bits per heavy atom. The molecule has 31 heavy (non-hydrogen) atoms. The van der Waals surface area contributed by atoms with Gasteiger partial charge in [0.2, 0.25) is 5.91 Å². The van der Waals surface area contributed by atoms with Crippen molar-refractivity contribution in [3.63, 3.8) is 0 Å². The molecule has 0 saturated carbocycles. The zero-order valence-corrected chi connectivity index (χ0v) is 16.7. The third kappa shape index (κ3) is 5.27. The highest BCUT2D eigenvalue weighted by atomic mass is 16.5. The Labute approximate surface area is 179 Å². The topological polar surface area (TPSA) is 96.1 Å². The van der Waals surface area contributed by atoms with Crippen LogP contribution in [0.25, 0.3) is 10.9 Å². The van der Waals surface area contributed by atoms with Gasteiger partial charge >= 0.3 is 6.09 Å². The Kier molecular flexibility index (Phi) is 6.23. The molecule has 7 heteroatoms. The summed E-state index contributed by atoms with van der Waals surface area (Å²) in [5, 5.41) is 6.50. The summed E-state index contributed by atoms with van der Waals surface area (Å²) in [5.74, 6) is -0.352. The lowest BCUT2D eigenvalue weighted by Crippen LogP contribution is -2.45. The summed E-state index contributed by atoms with van der Waals surface area (Å²) in [6.07, 6.45) is 4.67. The van der Waals surface area contributed by atoms with Crippen LogP contribution in [0.4, 0.5) is 10.5 Å². The maximum absolute atomic E-state index is 13.0. The molecule has 0 saturated heterocycles. The number of rotatable bonds is 7. The summed E-state index contributed by atoms with van der Waals surface area (Å²) in [6, 6.07) is 19.8. The third-order valence-corrected chi connectivity index (χ3v) is 4.85. The molecule has 3 N–H and O–H groups in total. The number of nitrogens with zero attached hydrogens (tertiary/aromatic N) is 1. The van der Waals surface area contributed by atoms with Crippen LogP contribution in [0.3, 0.4) is 0 Å². The second-order valence-corrected chi connectivity index (χ2v) is 7.05. The lowest BCUT2D eigenvalue weighted by atomic mass is 10.0. The number of para-hydroxylation sites is 1. The van der Waals surface area contributed by atoms with Gasteiger partial charge in [-0.15, -0.1) is 0 Å². The van der Waals surface area contributed by atoms with Crippen molar-refractivity contribution in [1.29, 1.82) is 0 Å². The third-order valence-electron chi connectivity index (χ3n) is 4.85. The average Bonchev–Trinajstić information content (AvgIpc) is 3.21. The molecule has 156 valence electrons. The van der Waals surface area contributed by atoms with Crippen LogP contribution in [-0.2, 0) is 22.6 Å². The van der Waals surface area contributed by atoms with Gasteiger partial charge in [0.15, 0.2) is 0 Å². The van der Waals surface area contributed by atoms with Gasteiger partial charge < -0.3 is 20.4 Å². The molecule has 0 bridgehead atoms. The van der Waals surface area contributed by atoms with Gasteiger partial charge in [0.25, 0.3) is 0 Å². The number of aromatic nitrogens is 2. The molecule has 4 aromatic rings. The molecule has 1 atom stereocenters. The van der Waals surface area contributed by atoms with Crippen molar-refractivity contribution in [1.82, 2.24) is 15.3 Å². The molecule has 0 spiro atoms. The van der Waals surface area contributed by atoms with Crippen LogP contribution >= 0.6 is 0 Å². The first-order valence-corrected chi connectivity index (χ1v) is 9.92. The van der Waals surface area contributed by atoms with E-state index in [-0.39, 0.29) is 12.5 Å². The molecule has 2 heterocycles. The standard InChI is InChI=1S/C24H22N4O3/c29-23(27-19-9-6-12-25-15-19)22(13-18-14-26-21-11-5-4-10-20(18)21)28-24(30)31-16-17-7-2-1-3-8-17/h1-12,14-15,22,26H,13,16H2,(H,27,29)(H,28,30)/t22-/m1/s1. The number of carbonyl (C=O) groups is 2. The van der Waals surface area contributed by atoms with E-state index in [4.69, 9.17) is 4.74 Å². The van der Waals surface area contributed by atoms with Crippen molar-refractivity contribution in [2.45, 2.75) is 19.1 Å². The van der Waals surface area contributed by atoms with Crippen molar-refractivity contribution >= 4 is 28.6 Å². The number of aromatic amines is 1. The van der Waals surface area contributed by atoms with E-state index in [0.717, 1.165) is 22.0 Å². The highest BCUT2D eigenvalue weighted by Crippen LogP contribution is 2.19. The number of pyridine rings is 1. The zero-order chi connectivity index (χ0) is 21.5. The van der Waals surface area contributed by atoms with E-state index >= 15 is 0 Å². The highest BCUT2D eigenvalue weighted by Gasteiger charge is 2.23. The van der Waals surface area contributed by atoms with Gasteiger partial charge in [-0.1, -0.05) is 48.5 Å².